The van der Waals surface area contributed by atoms with Gasteiger partial charge in [0.2, 0.25) is 5.13 Å². The number of hydrogen-bond donors (Lipinski definition) is 2. The second-order valence-electron chi connectivity index (χ2n) is 3.74. The molecule has 0 unspecified atom stereocenters. The van der Waals surface area contributed by atoms with E-state index < -0.39 is 0 Å². The standard InChI is InChI=1S/C10H14N6OS/c1-4-16-8(7(11)5(2)15-16)9(17)12-10-14-13-6(3)18-10/h4,11H2,1-3H3,(H,12,14,17). The summed E-state index contributed by atoms with van der Waals surface area (Å²) in [5, 5.41) is 15.8. The lowest BCUT2D eigenvalue weighted by Gasteiger charge is -2.04. The number of aryl methyl sites for hydroxylation is 3. The molecule has 0 bridgehead atoms. The van der Waals surface area contributed by atoms with Gasteiger partial charge in [0.15, 0.2) is 0 Å². The minimum atomic E-state index is -0.314. The van der Waals surface area contributed by atoms with Crippen LogP contribution in [0, 0.1) is 13.8 Å². The largest absolute Gasteiger partial charge is 0.395 e. The molecular formula is C10H14N6OS. The zero-order chi connectivity index (χ0) is 13.3. The van der Waals surface area contributed by atoms with Crippen LogP contribution in [0.25, 0.3) is 0 Å². The number of aromatic nitrogens is 4. The van der Waals surface area contributed by atoms with Crippen LogP contribution in [-0.2, 0) is 6.54 Å². The summed E-state index contributed by atoms with van der Waals surface area (Å²) in [5.41, 5.74) is 7.27. The normalized spacial score (nSPS) is 10.6. The fourth-order valence-electron chi connectivity index (χ4n) is 1.57. The topological polar surface area (TPSA) is 98.7 Å². The Morgan fingerprint density at radius 1 is 1.44 bits per heavy atom. The molecule has 0 aliphatic rings. The summed E-state index contributed by atoms with van der Waals surface area (Å²) in [7, 11) is 0. The molecule has 1 amide bonds. The van der Waals surface area contributed by atoms with E-state index in [0.717, 1.165) is 5.01 Å². The van der Waals surface area contributed by atoms with Crippen LogP contribution in [-0.4, -0.2) is 25.9 Å². The van der Waals surface area contributed by atoms with Gasteiger partial charge in [0, 0.05) is 6.54 Å². The van der Waals surface area contributed by atoms with Gasteiger partial charge in [-0.05, 0) is 20.8 Å². The van der Waals surface area contributed by atoms with Crippen LogP contribution < -0.4 is 11.1 Å². The molecule has 7 nitrogen and oxygen atoms in total. The summed E-state index contributed by atoms with van der Waals surface area (Å²) in [5.74, 6) is -0.314. The Morgan fingerprint density at radius 3 is 2.72 bits per heavy atom. The molecule has 0 radical (unpaired) electrons. The van der Waals surface area contributed by atoms with Crippen molar-refractivity contribution < 1.29 is 4.79 Å². The van der Waals surface area contributed by atoms with Crippen molar-refractivity contribution in [1.29, 1.82) is 0 Å². The second-order valence-corrected chi connectivity index (χ2v) is 4.93. The third-order valence-electron chi connectivity index (χ3n) is 2.43. The number of hydrogen-bond acceptors (Lipinski definition) is 6. The van der Waals surface area contributed by atoms with E-state index in [4.69, 9.17) is 5.73 Å². The number of nitrogens with one attached hydrogen (secondary N) is 1. The van der Waals surface area contributed by atoms with E-state index in [-0.39, 0.29) is 5.91 Å². The first kappa shape index (κ1) is 12.5. The van der Waals surface area contributed by atoms with Gasteiger partial charge < -0.3 is 5.73 Å². The van der Waals surface area contributed by atoms with Gasteiger partial charge in [0.1, 0.15) is 10.7 Å². The third-order valence-corrected chi connectivity index (χ3v) is 3.19. The molecular weight excluding hydrogens is 252 g/mol. The first-order valence-corrected chi connectivity index (χ1v) is 6.29. The number of anilines is 2. The fourth-order valence-corrected chi connectivity index (χ4v) is 2.15. The average molecular weight is 266 g/mol. The number of nitrogens with two attached hydrogens (primary N) is 1. The monoisotopic (exact) mass is 266 g/mol. The van der Waals surface area contributed by atoms with Crippen molar-refractivity contribution >= 4 is 28.1 Å². The first-order valence-electron chi connectivity index (χ1n) is 5.47. The zero-order valence-corrected chi connectivity index (χ0v) is 11.2. The first-order chi connectivity index (χ1) is 8.52. The molecule has 0 saturated heterocycles. The van der Waals surface area contributed by atoms with Crippen LogP contribution in [0.5, 0.6) is 0 Å². The van der Waals surface area contributed by atoms with E-state index >= 15 is 0 Å². The molecule has 0 aliphatic heterocycles. The molecule has 0 atom stereocenters. The predicted molar refractivity (Wildman–Crippen MR) is 69.6 cm³/mol. The Morgan fingerprint density at radius 2 is 2.17 bits per heavy atom. The van der Waals surface area contributed by atoms with Crippen molar-refractivity contribution in [3.8, 4) is 0 Å². The highest BCUT2D eigenvalue weighted by Crippen LogP contribution is 2.19. The maximum atomic E-state index is 12.1. The average Bonchev–Trinajstić information content (AvgIpc) is 2.84. The summed E-state index contributed by atoms with van der Waals surface area (Å²) in [6.45, 7) is 6.07. The molecule has 96 valence electrons. The van der Waals surface area contributed by atoms with Crippen molar-refractivity contribution in [3.05, 3.63) is 16.4 Å². The molecule has 0 fully saturated rings. The molecule has 2 aromatic heterocycles. The van der Waals surface area contributed by atoms with Gasteiger partial charge in [-0.15, -0.1) is 10.2 Å². The summed E-state index contributed by atoms with van der Waals surface area (Å²) >= 11 is 1.31. The van der Waals surface area contributed by atoms with Crippen molar-refractivity contribution in [2.24, 2.45) is 0 Å². The highest BCUT2D eigenvalue weighted by Gasteiger charge is 2.20. The molecule has 2 heterocycles. The lowest BCUT2D eigenvalue weighted by atomic mass is 10.3. The second kappa shape index (κ2) is 4.73. The van der Waals surface area contributed by atoms with Gasteiger partial charge in [-0.25, -0.2) is 0 Å². The van der Waals surface area contributed by atoms with Crippen LogP contribution in [0.4, 0.5) is 10.8 Å². The molecule has 0 aliphatic carbocycles. The van der Waals surface area contributed by atoms with Crippen LogP contribution in [0.2, 0.25) is 0 Å². The number of nitrogens with zero attached hydrogens (tertiary/aromatic N) is 4. The molecule has 0 spiro atoms. The smallest absolute Gasteiger partial charge is 0.277 e. The van der Waals surface area contributed by atoms with Crippen LogP contribution >= 0.6 is 11.3 Å². The summed E-state index contributed by atoms with van der Waals surface area (Å²) in [6, 6.07) is 0. The summed E-state index contributed by atoms with van der Waals surface area (Å²) < 4.78 is 1.58. The Kier molecular flexibility index (Phi) is 3.28. The molecule has 2 rings (SSSR count). The van der Waals surface area contributed by atoms with E-state index in [1.807, 2.05) is 13.8 Å². The Labute approximate surface area is 108 Å². The van der Waals surface area contributed by atoms with Crippen molar-refractivity contribution in [3.63, 3.8) is 0 Å². The summed E-state index contributed by atoms with van der Waals surface area (Å²) in [6.07, 6.45) is 0. The SMILES string of the molecule is CCn1nc(C)c(N)c1C(=O)Nc1nnc(C)s1. The van der Waals surface area contributed by atoms with Gasteiger partial charge in [-0.2, -0.15) is 5.10 Å². The lowest BCUT2D eigenvalue weighted by Crippen LogP contribution is -2.18. The molecule has 0 aromatic carbocycles. The van der Waals surface area contributed by atoms with Crippen LogP contribution in [0.3, 0.4) is 0 Å². The zero-order valence-electron chi connectivity index (χ0n) is 10.4. The molecule has 3 N–H and O–H groups in total. The van der Waals surface area contributed by atoms with E-state index in [9.17, 15) is 4.79 Å². The minimum Gasteiger partial charge on any atom is -0.395 e. The van der Waals surface area contributed by atoms with Gasteiger partial charge in [0.25, 0.3) is 5.91 Å². The Balaban J connectivity index is 2.28. The van der Waals surface area contributed by atoms with Gasteiger partial charge in [0.05, 0.1) is 11.4 Å². The highest BCUT2D eigenvalue weighted by atomic mass is 32.1. The van der Waals surface area contributed by atoms with E-state index in [2.05, 4.69) is 20.6 Å². The maximum Gasteiger partial charge on any atom is 0.277 e. The maximum absolute atomic E-state index is 12.1. The van der Waals surface area contributed by atoms with E-state index in [1.54, 1.807) is 11.6 Å². The van der Waals surface area contributed by atoms with Gasteiger partial charge in [-0.1, -0.05) is 11.3 Å². The van der Waals surface area contributed by atoms with E-state index in [1.165, 1.54) is 11.3 Å². The van der Waals surface area contributed by atoms with Crippen molar-refractivity contribution in [2.75, 3.05) is 11.1 Å². The van der Waals surface area contributed by atoms with Gasteiger partial charge >= 0.3 is 0 Å². The molecule has 2 aromatic rings. The summed E-state index contributed by atoms with van der Waals surface area (Å²) in [4.78, 5) is 12.1. The fraction of sp³-hybridized carbons (Fsp3) is 0.400. The van der Waals surface area contributed by atoms with Crippen LogP contribution in [0.15, 0.2) is 0 Å². The van der Waals surface area contributed by atoms with Crippen molar-refractivity contribution in [2.45, 2.75) is 27.3 Å². The number of nitrogen functional groups attached to an aromatic ring is 1. The number of carbonyl (C=O) groups is 1. The highest BCUT2D eigenvalue weighted by molar-refractivity contribution is 7.15. The van der Waals surface area contributed by atoms with Gasteiger partial charge in [-0.3, -0.25) is 14.8 Å². The molecule has 0 saturated carbocycles. The molecule has 18 heavy (non-hydrogen) atoms. The van der Waals surface area contributed by atoms with Crippen LogP contribution in [0.1, 0.15) is 28.1 Å². The predicted octanol–water partition coefficient (Wildman–Crippen LogP) is 1.21. The minimum absolute atomic E-state index is 0.314. The number of rotatable bonds is 3. The lowest BCUT2D eigenvalue weighted by molar-refractivity contribution is 0.101. The third kappa shape index (κ3) is 2.19. The Bertz CT molecular complexity index is 587. The quantitative estimate of drug-likeness (QED) is 0.869. The van der Waals surface area contributed by atoms with Crippen molar-refractivity contribution in [1.82, 2.24) is 20.0 Å². The molecule has 8 heteroatoms. The number of amides is 1. The number of carbonyl (C=O) groups excluding carboxylic acids is 1. The Hall–Kier alpha value is -1.96. The van der Waals surface area contributed by atoms with E-state index in [0.29, 0.717) is 28.8 Å².